The third-order valence-electron chi connectivity index (χ3n) is 3.79. The standard InChI is InChI=1S/C13H15BF2O3/c1-12(2)13(3,4)19-14(18-12)9-5-6-10(15)11(16)8(9)7-17/h5-7H,1-4H3. The molecule has 102 valence electrons. The number of benzene rings is 1. The van der Waals surface area contributed by atoms with Gasteiger partial charge in [-0.1, -0.05) is 6.07 Å². The first-order valence-electron chi connectivity index (χ1n) is 5.98. The van der Waals surface area contributed by atoms with E-state index in [1.54, 1.807) is 0 Å². The summed E-state index contributed by atoms with van der Waals surface area (Å²) in [6.45, 7) is 7.36. The van der Waals surface area contributed by atoms with E-state index in [-0.39, 0.29) is 17.3 Å². The summed E-state index contributed by atoms with van der Waals surface area (Å²) in [7, 11) is -0.889. The Labute approximate surface area is 111 Å². The summed E-state index contributed by atoms with van der Waals surface area (Å²) in [5.41, 5.74) is -1.38. The van der Waals surface area contributed by atoms with Gasteiger partial charge in [-0.15, -0.1) is 0 Å². The maximum Gasteiger partial charge on any atom is 0.495 e. The Hall–Kier alpha value is -1.27. The second-order valence-electron chi connectivity index (χ2n) is 5.57. The number of aldehydes is 1. The van der Waals surface area contributed by atoms with Crippen LogP contribution in [0.5, 0.6) is 0 Å². The summed E-state index contributed by atoms with van der Waals surface area (Å²) in [5, 5.41) is 0. The molecule has 0 aromatic heterocycles. The Morgan fingerprint density at radius 2 is 1.63 bits per heavy atom. The lowest BCUT2D eigenvalue weighted by Crippen LogP contribution is -2.41. The molecule has 1 saturated heterocycles. The Morgan fingerprint density at radius 3 is 2.11 bits per heavy atom. The molecule has 0 atom stereocenters. The van der Waals surface area contributed by atoms with Crippen LogP contribution < -0.4 is 5.46 Å². The van der Waals surface area contributed by atoms with Gasteiger partial charge < -0.3 is 9.31 Å². The molecule has 0 bridgehead atoms. The molecule has 1 aromatic rings. The quantitative estimate of drug-likeness (QED) is 0.608. The minimum absolute atomic E-state index is 0.201. The smallest absolute Gasteiger partial charge is 0.399 e. The summed E-state index contributed by atoms with van der Waals surface area (Å²) >= 11 is 0. The van der Waals surface area contributed by atoms with Gasteiger partial charge in [0.2, 0.25) is 0 Å². The van der Waals surface area contributed by atoms with E-state index in [1.807, 2.05) is 27.7 Å². The first-order valence-corrected chi connectivity index (χ1v) is 5.98. The van der Waals surface area contributed by atoms with Crippen molar-refractivity contribution < 1.29 is 22.9 Å². The fourth-order valence-corrected chi connectivity index (χ4v) is 1.88. The Bertz CT molecular complexity index is 513. The van der Waals surface area contributed by atoms with Crippen LogP contribution in [0.15, 0.2) is 12.1 Å². The van der Waals surface area contributed by atoms with Gasteiger partial charge in [-0.05, 0) is 39.2 Å². The van der Waals surface area contributed by atoms with Gasteiger partial charge in [0.15, 0.2) is 17.9 Å². The number of carbonyl (C=O) groups is 1. The van der Waals surface area contributed by atoms with Crippen molar-refractivity contribution >= 4 is 18.9 Å². The highest BCUT2D eigenvalue weighted by Crippen LogP contribution is 2.36. The molecule has 6 heteroatoms. The third-order valence-corrected chi connectivity index (χ3v) is 3.79. The second kappa shape index (κ2) is 4.39. The summed E-state index contributed by atoms with van der Waals surface area (Å²) in [4.78, 5) is 11.0. The molecule has 2 rings (SSSR count). The predicted octanol–water partition coefficient (Wildman–Crippen LogP) is 2.08. The van der Waals surface area contributed by atoms with E-state index in [1.165, 1.54) is 6.07 Å². The van der Waals surface area contributed by atoms with Crippen molar-refractivity contribution in [3.63, 3.8) is 0 Å². The molecule has 1 aliphatic rings. The highest BCUT2D eigenvalue weighted by atomic mass is 19.2. The van der Waals surface area contributed by atoms with Crippen LogP contribution in [-0.4, -0.2) is 24.6 Å². The molecule has 1 aliphatic heterocycles. The number of rotatable bonds is 2. The van der Waals surface area contributed by atoms with Gasteiger partial charge in [-0.25, -0.2) is 8.78 Å². The van der Waals surface area contributed by atoms with Crippen LogP contribution in [0.4, 0.5) is 8.78 Å². The lowest BCUT2D eigenvalue weighted by Gasteiger charge is -2.32. The van der Waals surface area contributed by atoms with Crippen LogP contribution in [0.3, 0.4) is 0 Å². The van der Waals surface area contributed by atoms with E-state index < -0.39 is 30.0 Å². The maximum absolute atomic E-state index is 13.6. The fraction of sp³-hybridized carbons (Fsp3) is 0.462. The van der Waals surface area contributed by atoms with Crippen LogP contribution >= 0.6 is 0 Å². The van der Waals surface area contributed by atoms with Crippen LogP contribution in [-0.2, 0) is 9.31 Å². The normalized spacial score (nSPS) is 20.6. The Morgan fingerprint density at radius 1 is 1.11 bits per heavy atom. The van der Waals surface area contributed by atoms with Gasteiger partial charge in [0.1, 0.15) is 0 Å². The van der Waals surface area contributed by atoms with Gasteiger partial charge in [0.05, 0.1) is 16.8 Å². The monoisotopic (exact) mass is 268 g/mol. The van der Waals surface area contributed by atoms with Crippen molar-refractivity contribution in [1.82, 2.24) is 0 Å². The molecule has 0 aliphatic carbocycles. The number of carbonyl (C=O) groups excluding carboxylic acids is 1. The zero-order valence-corrected chi connectivity index (χ0v) is 11.3. The number of halogens is 2. The van der Waals surface area contributed by atoms with Gasteiger partial charge in [-0.3, -0.25) is 4.79 Å². The molecule has 1 fully saturated rings. The lowest BCUT2D eigenvalue weighted by atomic mass is 9.76. The molecule has 1 aromatic carbocycles. The third kappa shape index (κ3) is 2.19. The van der Waals surface area contributed by atoms with E-state index in [0.717, 1.165) is 6.07 Å². The molecule has 1 heterocycles. The SMILES string of the molecule is CC1(C)OB(c2ccc(F)c(F)c2C=O)OC1(C)C. The summed E-state index contributed by atoms with van der Waals surface area (Å²) < 4.78 is 38.1. The predicted molar refractivity (Wildman–Crippen MR) is 67.5 cm³/mol. The van der Waals surface area contributed by atoms with Gasteiger partial charge in [-0.2, -0.15) is 0 Å². The van der Waals surface area contributed by atoms with E-state index in [4.69, 9.17) is 9.31 Å². The molecule has 19 heavy (non-hydrogen) atoms. The summed E-state index contributed by atoms with van der Waals surface area (Å²) in [6, 6.07) is 2.27. The molecule has 0 spiro atoms. The highest BCUT2D eigenvalue weighted by Gasteiger charge is 2.52. The van der Waals surface area contributed by atoms with Crippen molar-refractivity contribution in [2.24, 2.45) is 0 Å². The first-order chi connectivity index (χ1) is 8.69. The topological polar surface area (TPSA) is 35.5 Å². The van der Waals surface area contributed by atoms with Crippen LogP contribution in [0.25, 0.3) is 0 Å². The summed E-state index contributed by atoms with van der Waals surface area (Å²) in [5.74, 6) is -2.25. The largest absolute Gasteiger partial charge is 0.495 e. The van der Waals surface area contributed by atoms with Crippen molar-refractivity contribution in [3.8, 4) is 0 Å². The molecular weight excluding hydrogens is 253 g/mol. The molecule has 0 N–H and O–H groups in total. The highest BCUT2D eigenvalue weighted by molar-refractivity contribution is 6.63. The Kier molecular flexibility index (Phi) is 3.27. The minimum atomic E-state index is -1.18. The lowest BCUT2D eigenvalue weighted by molar-refractivity contribution is 0.00578. The van der Waals surface area contributed by atoms with Crippen LogP contribution in [0, 0.1) is 11.6 Å². The number of hydrogen-bond donors (Lipinski definition) is 0. The van der Waals surface area contributed by atoms with E-state index >= 15 is 0 Å². The average molecular weight is 268 g/mol. The number of hydrogen-bond acceptors (Lipinski definition) is 3. The van der Waals surface area contributed by atoms with Gasteiger partial charge >= 0.3 is 7.12 Å². The van der Waals surface area contributed by atoms with E-state index in [9.17, 15) is 13.6 Å². The molecule has 0 unspecified atom stereocenters. The van der Waals surface area contributed by atoms with Crippen molar-refractivity contribution in [1.29, 1.82) is 0 Å². The maximum atomic E-state index is 13.6. The van der Waals surface area contributed by atoms with Gasteiger partial charge in [0, 0.05) is 0 Å². The zero-order chi connectivity index (χ0) is 14.4. The van der Waals surface area contributed by atoms with Crippen molar-refractivity contribution in [2.45, 2.75) is 38.9 Å². The molecule has 0 amide bonds. The minimum Gasteiger partial charge on any atom is -0.399 e. The molecular formula is C13H15BF2O3. The van der Waals surface area contributed by atoms with E-state index in [2.05, 4.69) is 0 Å². The first kappa shape index (κ1) is 14.2. The zero-order valence-electron chi connectivity index (χ0n) is 11.3. The van der Waals surface area contributed by atoms with Crippen molar-refractivity contribution in [3.05, 3.63) is 29.3 Å². The van der Waals surface area contributed by atoms with E-state index in [0.29, 0.717) is 0 Å². The fourth-order valence-electron chi connectivity index (χ4n) is 1.88. The van der Waals surface area contributed by atoms with Crippen molar-refractivity contribution in [2.75, 3.05) is 0 Å². The van der Waals surface area contributed by atoms with Gasteiger partial charge in [0.25, 0.3) is 0 Å². The Balaban J connectivity index is 2.46. The second-order valence-corrected chi connectivity index (χ2v) is 5.57. The molecule has 0 saturated carbocycles. The average Bonchev–Trinajstić information content (AvgIpc) is 2.51. The molecule has 3 nitrogen and oxygen atoms in total. The summed E-state index contributed by atoms with van der Waals surface area (Å²) in [6.07, 6.45) is 0.277. The van der Waals surface area contributed by atoms with Crippen LogP contribution in [0.1, 0.15) is 38.1 Å². The van der Waals surface area contributed by atoms with Crippen LogP contribution in [0.2, 0.25) is 0 Å². The molecule has 0 radical (unpaired) electrons.